The van der Waals surface area contributed by atoms with Crippen LogP contribution in [0.3, 0.4) is 0 Å². The molecular weight excluding hydrogens is 509 g/mol. The molecule has 200 valence electrons. The Kier molecular flexibility index (Phi) is 8.02. The van der Waals surface area contributed by atoms with Gasteiger partial charge < -0.3 is 9.47 Å². The van der Waals surface area contributed by atoms with Crippen LogP contribution < -0.4 is 14.2 Å². The highest BCUT2D eigenvalue weighted by atomic mass is 32.2. The molecule has 4 aromatic rings. The zero-order valence-electron chi connectivity index (χ0n) is 21.0. The second-order valence-electron chi connectivity index (χ2n) is 8.90. The number of sulfonamides is 1. The van der Waals surface area contributed by atoms with Gasteiger partial charge in [-0.2, -0.15) is 8.42 Å². The molecule has 8 nitrogen and oxygen atoms in total. The van der Waals surface area contributed by atoms with Gasteiger partial charge in [-0.25, -0.2) is 19.1 Å². The van der Waals surface area contributed by atoms with E-state index >= 15 is 0 Å². The van der Waals surface area contributed by atoms with Crippen molar-refractivity contribution in [3.8, 4) is 28.6 Å². The van der Waals surface area contributed by atoms with E-state index in [9.17, 15) is 17.6 Å². The van der Waals surface area contributed by atoms with Gasteiger partial charge in [-0.15, -0.1) is 0 Å². The van der Waals surface area contributed by atoms with Crippen molar-refractivity contribution in [1.82, 2.24) is 14.7 Å². The van der Waals surface area contributed by atoms with Gasteiger partial charge in [0.05, 0.1) is 12.3 Å². The summed E-state index contributed by atoms with van der Waals surface area (Å²) in [5, 5.41) is -0.297. The van der Waals surface area contributed by atoms with Gasteiger partial charge in [0.1, 0.15) is 22.9 Å². The van der Waals surface area contributed by atoms with Crippen LogP contribution in [0.5, 0.6) is 17.4 Å². The van der Waals surface area contributed by atoms with Crippen LogP contribution >= 0.6 is 0 Å². The van der Waals surface area contributed by atoms with E-state index in [1.807, 2.05) is 18.6 Å². The number of nitrogens with one attached hydrogen (secondary N) is 1. The number of aromatic nitrogens is 2. The van der Waals surface area contributed by atoms with Crippen molar-refractivity contribution < 1.29 is 29.9 Å². The number of ether oxygens (including phenoxy) is 2. The van der Waals surface area contributed by atoms with Crippen molar-refractivity contribution in [3.05, 3.63) is 95.9 Å². The third-order valence-electron chi connectivity index (χ3n) is 5.18. The Morgan fingerprint density at radius 3 is 2.45 bits per heavy atom. The number of hydrogen-bond acceptors (Lipinski definition) is 7. The topological polar surface area (TPSA) is 107 Å². The van der Waals surface area contributed by atoms with Crippen LogP contribution in [0.2, 0.25) is 0 Å². The van der Waals surface area contributed by atoms with Gasteiger partial charge in [-0.1, -0.05) is 38.1 Å². The number of aryl methyl sites for hydroxylation is 1. The number of halogens is 1. The molecule has 0 fully saturated rings. The second kappa shape index (κ2) is 11.4. The fourth-order valence-corrected chi connectivity index (χ4v) is 4.39. The normalized spacial score (nSPS) is 11.3. The maximum atomic E-state index is 14.4. The standard InChI is InChI=1S/C28H26FN3O5S.2H2/c1-18(2)17-36-23-15-20(14-21(29)16-23)25-13-12-24(28(31-25)37-22-9-5-4-6-10-22)27(33)32-38(34,35)26-11-7-8-19(3)30-26;;/h4-16,18H,17H2,1-3H3,(H,32,33);2*1H. The highest BCUT2D eigenvalue weighted by molar-refractivity contribution is 7.90. The minimum atomic E-state index is -4.27. The van der Waals surface area contributed by atoms with E-state index in [2.05, 4.69) is 9.97 Å². The van der Waals surface area contributed by atoms with Crippen LogP contribution in [0, 0.1) is 18.7 Å². The molecular formula is C28H30FN3O5S. The number of carbonyl (C=O) groups excluding carboxylic acids is 1. The maximum absolute atomic E-state index is 14.4. The number of nitrogens with zero attached hydrogens (tertiary/aromatic N) is 2. The van der Waals surface area contributed by atoms with E-state index in [1.54, 1.807) is 49.4 Å². The van der Waals surface area contributed by atoms with Gasteiger partial charge in [-0.3, -0.25) is 4.79 Å². The van der Waals surface area contributed by atoms with Crippen LogP contribution in [0.1, 0.15) is 32.8 Å². The third kappa shape index (κ3) is 6.71. The molecule has 1 amide bonds. The highest BCUT2D eigenvalue weighted by Gasteiger charge is 2.24. The van der Waals surface area contributed by atoms with E-state index < -0.39 is 21.7 Å². The Balaban J connectivity index is 0.00000280. The molecule has 0 bridgehead atoms. The van der Waals surface area contributed by atoms with Gasteiger partial charge in [0.25, 0.3) is 15.9 Å². The molecule has 4 rings (SSSR count). The summed E-state index contributed by atoms with van der Waals surface area (Å²) in [4.78, 5) is 21.5. The van der Waals surface area contributed by atoms with Gasteiger partial charge in [0.15, 0.2) is 5.03 Å². The number of para-hydroxylation sites is 1. The quantitative estimate of drug-likeness (QED) is 0.277. The summed E-state index contributed by atoms with van der Waals surface area (Å²) in [6.45, 7) is 6.00. The zero-order valence-corrected chi connectivity index (χ0v) is 21.8. The lowest BCUT2D eigenvalue weighted by Crippen LogP contribution is -2.31. The molecule has 0 unspecified atom stereocenters. The van der Waals surface area contributed by atoms with E-state index in [0.717, 1.165) is 0 Å². The van der Waals surface area contributed by atoms with Gasteiger partial charge >= 0.3 is 0 Å². The lowest BCUT2D eigenvalue weighted by Gasteiger charge is -2.14. The molecule has 0 aliphatic heterocycles. The Hall–Kier alpha value is -4.31. The first-order valence-electron chi connectivity index (χ1n) is 11.8. The van der Waals surface area contributed by atoms with Crippen molar-refractivity contribution in [1.29, 1.82) is 0 Å². The molecule has 0 saturated carbocycles. The van der Waals surface area contributed by atoms with Crippen LogP contribution in [-0.4, -0.2) is 30.9 Å². The first-order valence-corrected chi connectivity index (χ1v) is 13.3. The minimum Gasteiger partial charge on any atom is -0.493 e. The molecule has 0 atom stereocenters. The number of carbonyl (C=O) groups is 1. The Bertz CT molecular complexity index is 1570. The summed E-state index contributed by atoms with van der Waals surface area (Å²) in [7, 11) is -4.27. The monoisotopic (exact) mass is 539 g/mol. The van der Waals surface area contributed by atoms with E-state index in [-0.39, 0.29) is 25.2 Å². The highest BCUT2D eigenvalue weighted by Crippen LogP contribution is 2.30. The summed E-state index contributed by atoms with van der Waals surface area (Å²) in [6, 6.07) is 20.1. The summed E-state index contributed by atoms with van der Waals surface area (Å²) in [6.07, 6.45) is 0. The van der Waals surface area contributed by atoms with E-state index in [4.69, 9.17) is 9.47 Å². The zero-order chi connectivity index (χ0) is 27.3. The largest absolute Gasteiger partial charge is 0.493 e. The molecule has 0 aliphatic carbocycles. The van der Waals surface area contributed by atoms with E-state index in [1.165, 1.54) is 36.4 Å². The molecule has 1 N–H and O–H groups in total. The maximum Gasteiger partial charge on any atom is 0.281 e. The molecule has 0 aliphatic rings. The van der Waals surface area contributed by atoms with Crippen LogP contribution in [0.25, 0.3) is 11.3 Å². The van der Waals surface area contributed by atoms with Gasteiger partial charge in [0.2, 0.25) is 5.88 Å². The Morgan fingerprint density at radius 1 is 0.974 bits per heavy atom. The SMILES string of the molecule is Cc1cccc(S(=O)(=O)NC(=O)c2ccc(-c3cc(F)cc(OCC(C)C)c3)nc2Oc2ccccc2)n1.[HH].[HH]. The van der Waals surface area contributed by atoms with Crippen molar-refractivity contribution in [3.63, 3.8) is 0 Å². The first kappa shape index (κ1) is 26.7. The average molecular weight is 540 g/mol. The van der Waals surface area contributed by atoms with Crippen molar-refractivity contribution in [2.45, 2.75) is 25.8 Å². The van der Waals surface area contributed by atoms with Crippen molar-refractivity contribution >= 4 is 15.9 Å². The number of pyridine rings is 2. The first-order chi connectivity index (χ1) is 18.1. The van der Waals surface area contributed by atoms with Crippen molar-refractivity contribution in [2.24, 2.45) is 5.92 Å². The predicted molar refractivity (Wildman–Crippen MR) is 144 cm³/mol. The van der Waals surface area contributed by atoms with Crippen molar-refractivity contribution in [2.75, 3.05) is 6.61 Å². The molecule has 0 radical (unpaired) electrons. The Morgan fingerprint density at radius 2 is 1.74 bits per heavy atom. The predicted octanol–water partition coefficient (Wildman–Crippen LogP) is 6.03. The fourth-order valence-electron chi connectivity index (χ4n) is 3.41. The smallest absolute Gasteiger partial charge is 0.281 e. The number of benzene rings is 2. The molecule has 2 aromatic carbocycles. The summed E-state index contributed by atoms with van der Waals surface area (Å²) in [5.41, 5.74) is 1.03. The van der Waals surface area contributed by atoms with Gasteiger partial charge in [-0.05, 0) is 61.4 Å². The number of hydrogen-bond donors (Lipinski definition) is 1. The lowest BCUT2D eigenvalue weighted by molar-refractivity contribution is 0.0978. The van der Waals surface area contributed by atoms with Gasteiger partial charge in [0, 0.05) is 20.2 Å². The molecule has 38 heavy (non-hydrogen) atoms. The lowest BCUT2D eigenvalue weighted by atomic mass is 10.1. The fraction of sp³-hybridized carbons (Fsp3) is 0.179. The molecule has 0 spiro atoms. The molecule has 10 heteroatoms. The molecule has 2 aromatic heterocycles. The van der Waals surface area contributed by atoms with Crippen LogP contribution in [0.4, 0.5) is 4.39 Å². The molecule has 0 saturated heterocycles. The van der Waals surface area contributed by atoms with Crippen LogP contribution in [-0.2, 0) is 10.0 Å². The van der Waals surface area contributed by atoms with Crippen LogP contribution in [0.15, 0.2) is 83.9 Å². The number of amides is 1. The number of rotatable bonds is 9. The summed E-state index contributed by atoms with van der Waals surface area (Å²) in [5.74, 6) is -0.692. The summed E-state index contributed by atoms with van der Waals surface area (Å²) < 4.78 is 53.5. The second-order valence-corrected chi connectivity index (χ2v) is 10.5. The van der Waals surface area contributed by atoms with E-state index in [0.29, 0.717) is 35.1 Å². The third-order valence-corrected chi connectivity index (χ3v) is 6.41. The molecule has 2 heterocycles. The average Bonchev–Trinajstić information content (AvgIpc) is 2.87. The Labute approximate surface area is 223 Å². The minimum absolute atomic E-state index is 0. The summed E-state index contributed by atoms with van der Waals surface area (Å²) >= 11 is 0.